The minimum absolute atomic E-state index is 0.114. The Morgan fingerprint density at radius 2 is 1.70 bits per heavy atom. The van der Waals surface area contributed by atoms with Crippen LogP contribution in [0, 0.1) is 10.1 Å². The van der Waals surface area contributed by atoms with Gasteiger partial charge in [0.15, 0.2) is 0 Å². The van der Waals surface area contributed by atoms with E-state index in [1.165, 1.54) is 0 Å². The zero-order valence-electron chi connectivity index (χ0n) is 12.1. The van der Waals surface area contributed by atoms with Crippen LogP contribution >= 0.6 is 0 Å². The van der Waals surface area contributed by atoms with Gasteiger partial charge in [0.2, 0.25) is 10.0 Å². The van der Waals surface area contributed by atoms with Crippen LogP contribution in [0.3, 0.4) is 0 Å². The number of halogens is 3. The third-order valence-electron chi connectivity index (χ3n) is 3.53. The van der Waals surface area contributed by atoms with Crippen molar-refractivity contribution in [2.75, 3.05) is 33.2 Å². The maximum Gasteiger partial charge on any atom is 0.416 e. The molecule has 0 N–H and O–H groups in total. The number of hydrogen-bond acceptors (Lipinski definition) is 5. The highest BCUT2D eigenvalue weighted by molar-refractivity contribution is 7.89. The number of nitro groups is 1. The van der Waals surface area contributed by atoms with Crippen LogP contribution in [-0.4, -0.2) is 55.8 Å². The second-order valence-electron chi connectivity index (χ2n) is 5.18. The first-order valence-corrected chi connectivity index (χ1v) is 8.01. The lowest BCUT2D eigenvalue weighted by molar-refractivity contribution is -0.385. The van der Waals surface area contributed by atoms with Gasteiger partial charge in [0, 0.05) is 38.3 Å². The topological polar surface area (TPSA) is 83.8 Å². The number of nitro benzene ring substituents is 1. The molecular formula is C12H14F3N3O4S. The van der Waals surface area contributed by atoms with Crippen LogP contribution in [0.15, 0.2) is 23.1 Å². The van der Waals surface area contributed by atoms with Gasteiger partial charge in [0.25, 0.3) is 5.69 Å². The average molecular weight is 353 g/mol. The second kappa shape index (κ2) is 6.06. The molecule has 7 nitrogen and oxygen atoms in total. The van der Waals surface area contributed by atoms with Crippen molar-refractivity contribution in [3.05, 3.63) is 33.9 Å². The summed E-state index contributed by atoms with van der Waals surface area (Å²) in [7, 11) is -2.43. The van der Waals surface area contributed by atoms with Crippen molar-refractivity contribution in [1.82, 2.24) is 9.21 Å². The van der Waals surface area contributed by atoms with Crippen molar-refractivity contribution in [2.24, 2.45) is 0 Å². The van der Waals surface area contributed by atoms with Crippen LogP contribution in [0.5, 0.6) is 0 Å². The van der Waals surface area contributed by atoms with Gasteiger partial charge in [-0.3, -0.25) is 10.1 Å². The maximum absolute atomic E-state index is 12.9. The van der Waals surface area contributed by atoms with Crippen molar-refractivity contribution < 1.29 is 26.5 Å². The fourth-order valence-corrected chi connectivity index (χ4v) is 3.67. The maximum atomic E-state index is 12.9. The predicted octanol–water partition coefficient (Wildman–Crippen LogP) is 1.55. The van der Waals surface area contributed by atoms with Gasteiger partial charge in [-0.05, 0) is 13.1 Å². The first kappa shape index (κ1) is 17.6. The van der Waals surface area contributed by atoms with Gasteiger partial charge in [-0.25, -0.2) is 8.42 Å². The van der Waals surface area contributed by atoms with Gasteiger partial charge in [0.05, 0.1) is 15.4 Å². The van der Waals surface area contributed by atoms with E-state index in [2.05, 4.69) is 0 Å². The first-order chi connectivity index (χ1) is 10.5. The smallest absolute Gasteiger partial charge is 0.304 e. The van der Waals surface area contributed by atoms with Crippen LogP contribution in [0.1, 0.15) is 5.56 Å². The molecule has 0 radical (unpaired) electrons. The Labute approximate surface area is 130 Å². The van der Waals surface area contributed by atoms with Crippen molar-refractivity contribution in [2.45, 2.75) is 11.1 Å². The number of alkyl halides is 3. The lowest BCUT2D eigenvalue weighted by Gasteiger charge is -2.31. The minimum atomic E-state index is -4.88. The van der Waals surface area contributed by atoms with E-state index in [-0.39, 0.29) is 13.1 Å². The number of piperazine rings is 1. The molecule has 1 heterocycles. The highest BCUT2D eigenvalue weighted by Crippen LogP contribution is 2.34. The Hall–Kier alpha value is -1.72. The van der Waals surface area contributed by atoms with E-state index in [9.17, 15) is 31.7 Å². The zero-order chi connectivity index (χ0) is 17.4. The van der Waals surface area contributed by atoms with E-state index in [4.69, 9.17) is 0 Å². The molecule has 128 valence electrons. The summed E-state index contributed by atoms with van der Waals surface area (Å²) in [6, 6.07) is 1.41. The predicted molar refractivity (Wildman–Crippen MR) is 74.4 cm³/mol. The average Bonchev–Trinajstić information content (AvgIpc) is 2.46. The Morgan fingerprint density at radius 1 is 1.13 bits per heavy atom. The lowest BCUT2D eigenvalue weighted by atomic mass is 10.2. The molecule has 0 saturated carbocycles. The monoisotopic (exact) mass is 353 g/mol. The summed E-state index contributed by atoms with van der Waals surface area (Å²) < 4.78 is 64.5. The molecule has 1 aromatic rings. The number of non-ortho nitro benzene ring substituents is 1. The molecule has 2 rings (SSSR count). The Kier molecular flexibility index (Phi) is 4.64. The van der Waals surface area contributed by atoms with Crippen LogP contribution in [0.2, 0.25) is 0 Å². The van der Waals surface area contributed by atoms with E-state index >= 15 is 0 Å². The van der Waals surface area contributed by atoms with E-state index in [0.29, 0.717) is 31.3 Å². The molecule has 0 spiro atoms. The molecule has 1 fully saturated rings. The number of sulfonamides is 1. The minimum Gasteiger partial charge on any atom is -0.304 e. The number of rotatable bonds is 3. The summed E-state index contributed by atoms with van der Waals surface area (Å²) in [6.45, 7) is 1.09. The SMILES string of the molecule is CN1CCN(S(=O)(=O)c2cc([N+](=O)[O-])cc(C(F)(F)F)c2)CC1. The van der Waals surface area contributed by atoms with Crippen LogP contribution in [0.4, 0.5) is 18.9 Å². The van der Waals surface area contributed by atoms with Gasteiger partial charge in [-0.1, -0.05) is 0 Å². The standard InChI is InChI=1S/C12H14F3N3O4S/c1-16-2-4-17(5-3-16)23(21,22)11-7-9(12(13,14)15)6-10(8-11)18(19)20/h6-8H,2-5H2,1H3. The highest BCUT2D eigenvalue weighted by atomic mass is 32.2. The molecule has 1 aromatic carbocycles. The van der Waals surface area contributed by atoms with Crippen LogP contribution in [-0.2, 0) is 16.2 Å². The van der Waals surface area contributed by atoms with E-state index < -0.39 is 37.3 Å². The molecule has 11 heteroatoms. The Morgan fingerprint density at radius 3 is 2.17 bits per heavy atom. The third kappa shape index (κ3) is 3.79. The molecule has 0 bridgehead atoms. The Balaban J connectivity index is 2.49. The lowest BCUT2D eigenvalue weighted by Crippen LogP contribution is -2.47. The summed E-state index contributed by atoms with van der Waals surface area (Å²) in [4.78, 5) is 10.9. The number of likely N-dealkylation sites (N-methyl/N-ethyl adjacent to an activating group) is 1. The van der Waals surface area contributed by atoms with Crippen molar-refractivity contribution in [1.29, 1.82) is 0 Å². The molecule has 1 aliphatic rings. The normalized spacial score (nSPS) is 18.1. The van der Waals surface area contributed by atoms with E-state index in [1.54, 1.807) is 7.05 Å². The van der Waals surface area contributed by atoms with E-state index in [1.807, 2.05) is 4.90 Å². The van der Waals surface area contributed by atoms with Gasteiger partial charge >= 0.3 is 6.18 Å². The van der Waals surface area contributed by atoms with E-state index in [0.717, 1.165) is 4.31 Å². The molecule has 0 aromatic heterocycles. The molecule has 0 aliphatic carbocycles. The highest BCUT2D eigenvalue weighted by Gasteiger charge is 2.36. The van der Waals surface area contributed by atoms with Crippen molar-refractivity contribution in [3.63, 3.8) is 0 Å². The van der Waals surface area contributed by atoms with Crippen LogP contribution < -0.4 is 0 Å². The summed E-state index contributed by atoms with van der Waals surface area (Å²) in [5, 5.41) is 10.8. The quantitative estimate of drug-likeness (QED) is 0.608. The fraction of sp³-hybridized carbons (Fsp3) is 0.500. The molecule has 1 aliphatic heterocycles. The fourth-order valence-electron chi connectivity index (χ4n) is 2.18. The van der Waals surface area contributed by atoms with Crippen LogP contribution in [0.25, 0.3) is 0 Å². The molecule has 0 amide bonds. The summed E-state index contributed by atoms with van der Waals surface area (Å²) in [6.07, 6.45) is -4.88. The first-order valence-electron chi connectivity index (χ1n) is 6.57. The summed E-state index contributed by atoms with van der Waals surface area (Å²) in [5.74, 6) is 0. The molecular weight excluding hydrogens is 339 g/mol. The van der Waals surface area contributed by atoms with Crippen molar-refractivity contribution >= 4 is 15.7 Å². The summed E-state index contributed by atoms with van der Waals surface area (Å²) in [5.41, 5.74) is -2.27. The molecule has 1 saturated heterocycles. The Bertz CT molecular complexity index is 713. The molecule has 0 unspecified atom stereocenters. The third-order valence-corrected chi connectivity index (χ3v) is 5.41. The molecule has 23 heavy (non-hydrogen) atoms. The number of benzene rings is 1. The van der Waals surface area contributed by atoms with Gasteiger partial charge in [-0.2, -0.15) is 17.5 Å². The summed E-state index contributed by atoms with van der Waals surface area (Å²) >= 11 is 0. The van der Waals surface area contributed by atoms with Gasteiger partial charge in [-0.15, -0.1) is 0 Å². The number of nitrogens with zero attached hydrogens (tertiary/aromatic N) is 3. The van der Waals surface area contributed by atoms with Crippen molar-refractivity contribution in [3.8, 4) is 0 Å². The van der Waals surface area contributed by atoms with Gasteiger partial charge < -0.3 is 4.90 Å². The number of hydrogen-bond donors (Lipinski definition) is 0. The largest absolute Gasteiger partial charge is 0.416 e. The van der Waals surface area contributed by atoms with Gasteiger partial charge in [0.1, 0.15) is 0 Å². The second-order valence-corrected chi connectivity index (χ2v) is 7.12. The molecule has 0 atom stereocenters. The zero-order valence-corrected chi connectivity index (χ0v) is 12.9.